The van der Waals surface area contributed by atoms with Crippen LogP contribution in [0.3, 0.4) is 0 Å². The van der Waals surface area contributed by atoms with Gasteiger partial charge in [0.05, 0.1) is 47.6 Å². The number of nitrogens with one attached hydrogen (secondary N) is 2. The maximum atomic E-state index is 14.3. The number of hydrogen-bond donors (Lipinski definition) is 3. The van der Waals surface area contributed by atoms with Gasteiger partial charge in [-0.2, -0.15) is 4.31 Å². The van der Waals surface area contributed by atoms with Crippen LogP contribution in [-0.4, -0.2) is 92.9 Å². The maximum Gasteiger partial charge on any atom is 0.407 e. The minimum atomic E-state index is -4.02. The van der Waals surface area contributed by atoms with Crippen molar-refractivity contribution in [1.29, 1.82) is 0 Å². The summed E-state index contributed by atoms with van der Waals surface area (Å²) in [4.78, 5) is 18.3. The van der Waals surface area contributed by atoms with Crippen molar-refractivity contribution in [2.75, 3.05) is 38.7 Å². The lowest BCUT2D eigenvalue weighted by Gasteiger charge is -2.32. The molecule has 3 heterocycles. The number of carbonyl (C=O) groups excluding carboxylic acids is 1. The number of fused-ring (bicyclic) bond motifs is 2. The number of aliphatic hydroxyl groups excluding tert-OH is 1. The van der Waals surface area contributed by atoms with Gasteiger partial charge in [-0.3, -0.25) is 0 Å². The third-order valence-electron chi connectivity index (χ3n) is 10.9. The molecule has 264 valence electrons. The van der Waals surface area contributed by atoms with Crippen molar-refractivity contribution < 1.29 is 37.3 Å². The third kappa shape index (κ3) is 7.00. The largest absolute Gasteiger partial charge is 0.497 e. The van der Waals surface area contributed by atoms with E-state index in [0.29, 0.717) is 25.0 Å². The Morgan fingerprint density at radius 3 is 2.65 bits per heavy atom. The van der Waals surface area contributed by atoms with E-state index in [1.165, 1.54) is 15.6 Å². The number of aromatic nitrogens is 1. The highest BCUT2D eigenvalue weighted by atomic mass is 32.2. The van der Waals surface area contributed by atoms with Crippen LogP contribution in [-0.2, 0) is 30.7 Å². The molecule has 12 nitrogen and oxygen atoms in total. The number of sulfonamides is 1. The van der Waals surface area contributed by atoms with Crippen LogP contribution in [0.15, 0.2) is 47.4 Å². The molecule has 2 bridgehead atoms. The topological polar surface area (TPSA) is 149 Å². The number of anilines is 1. The van der Waals surface area contributed by atoms with Gasteiger partial charge in [0.2, 0.25) is 10.0 Å². The summed E-state index contributed by atoms with van der Waals surface area (Å²) in [5.41, 5.74) is 1.41. The standard InChI is InChI=1S/C35H44N4O8S2/c1-35(11-12-35)19-39(49(42,43)24-9-10-27-30(15-24)48-33(37-27)36-22-5-6-22)16-29(40)28(13-20-3-7-23(44-2)8-4-20)38-34(41)47-31-21-14-25-26(31)18-46-32(25)45-17-21/h3-4,7-10,15,21-22,25-26,28-29,31-32,40H,5-6,11-14,16-19H2,1-2H3,(H,36,37)(H,38,41)/t21?,25?,26?,28-,29+,31?,32?/m0/s1. The molecule has 2 saturated heterocycles. The van der Waals surface area contributed by atoms with Crippen molar-refractivity contribution in [3.8, 4) is 5.75 Å². The summed E-state index contributed by atoms with van der Waals surface area (Å²) < 4.78 is 53.8. The van der Waals surface area contributed by atoms with Crippen molar-refractivity contribution in [2.45, 2.75) is 80.9 Å². The van der Waals surface area contributed by atoms with Gasteiger partial charge in [-0.1, -0.05) is 30.4 Å². The Morgan fingerprint density at radius 2 is 1.92 bits per heavy atom. The second-order valence-electron chi connectivity index (χ2n) is 14.8. The van der Waals surface area contributed by atoms with Crippen molar-refractivity contribution in [3.63, 3.8) is 0 Å². The Morgan fingerprint density at radius 1 is 1.14 bits per heavy atom. The van der Waals surface area contributed by atoms with Crippen molar-refractivity contribution >= 4 is 42.8 Å². The first-order valence-corrected chi connectivity index (χ1v) is 19.5. The van der Waals surface area contributed by atoms with Crippen LogP contribution in [0, 0.1) is 23.2 Å². The minimum absolute atomic E-state index is 0.0737. The van der Waals surface area contributed by atoms with Gasteiger partial charge in [-0.05, 0) is 79.8 Å². The summed E-state index contributed by atoms with van der Waals surface area (Å²) in [5.74, 6) is 1.07. The number of ether oxygens (including phenoxy) is 4. The van der Waals surface area contributed by atoms with Crippen LogP contribution in [0.5, 0.6) is 5.75 Å². The lowest BCUT2D eigenvalue weighted by molar-refractivity contribution is -0.169. The van der Waals surface area contributed by atoms with E-state index >= 15 is 0 Å². The van der Waals surface area contributed by atoms with Crippen molar-refractivity contribution in [3.05, 3.63) is 48.0 Å². The molecule has 5 unspecified atom stereocenters. The zero-order valence-corrected chi connectivity index (χ0v) is 29.4. The molecule has 49 heavy (non-hydrogen) atoms. The van der Waals surface area contributed by atoms with Crippen LogP contribution < -0.4 is 15.4 Å². The van der Waals surface area contributed by atoms with Crippen molar-refractivity contribution in [1.82, 2.24) is 14.6 Å². The van der Waals surface area contributed by atoms with Gasteiger partial charge >= 0.3 is 6.09 Å². The molecule has 14 heteroatoms. The molecule has 5 aliphatic rings. The summed E-state index contributed by atoms with van der Waals surface area (Å²) in [6.45, 7) is 3.08. The number of thiazole rings is 1. The average molecular weight is 713 g/mol. The fourth-order valence-electron chi connectivity index (χ4n) is 7.52. The normalized spacial score (nSPS) is 28.0. The van der Waals surface area contributed by atoms with E-state index in [-0.39, 0.29) is 60.0 Å². The molecule has 7 atom stereocenters. The van der Waals surface area contributed by atoms with E-state index in [9.17, 15) is 18.3 Å². The Kier molecular flexibility index (Phi) is 8.76. The first-order valence-electron chi connectivity index (χ1n) is 17.3. The van der Waals surface area contributed by atoms with Crippen LogP contribution >= 0.6 is 11.3 Å². The Labute approximate surface area is 290 Å². The Bertz CT molecular complexity index is 1790. The molecule has 1 amide bonds. The van der Waals surface area contributed by atoms with E-state index in [2.05, 4.69) is 22.5 Å². The van der Waals surface area contributed by atoms with Crippen LogP contribution in [0.4, 0.5) is 9.93 Å². The number of aliphatic hydroxyl groups is 1. The molecule has 3 saturated carbocycles. The second-order valence-corrected chi connectivity index (χ2v) is 17.7. The van der Waals surface area contributed by atoms with E-state index in [4.69, 9.17) is 18.9 Å². The van der Waals surface area contributed by atoms with Gasteiger partial charge in [0.15, 0.2) is 11.4 Å². The predicted octanol–water partition coefficient (Wildman–Crippen LogP) is 4.38. The number of benzene rings is 2. The SMILES string of the molecule is COc1ccc(C[C@H](NC(=O)OC2C3COC4OCC2C4C3)[C@H](O)CN(CC2(C)CC2)S(=O)(=O)c2ccc3nc(NC4CC4)sc3c2)cc1. The van der Waals surface area contributed by atoms with E-state index < -0.39 is 28.3 Å². The number of carbonyl (C=O) groups is 1. The van der Waals surface area contributed by atoms with Gasteiger partial charge in [0.1, 0.15) is 11.9 Å². The van der Waals surface area contributed by atoms with Gasteiger partial charge in [-0.15, -0.1) is 0 Å². The second kappa shape index (κ2) is 13.0. The smallest absolute Gasteiger partial charge is 0.407 e. The van der Waals surface area contributed by atoms with Crippen LogP contribution in [0.25, 0.3) is 10.2 Å². The molecule has 5 fully saturated rings. The minimum Gasteiger partial charge on any atom is -0.497 e. The maximum absolute atomic E-state index is 14.3. The van der Waals surface area contributed by atoms with Crippen molar-refractivity contribution in [2.24, 2.45) is 23.2 Å². The highest BCUT2D eigenvalue weighted by Gasteiger charge is 2.56. The highest BCUT2D eigenvalue weighted by Crippen LogP contribution is 2.49. The number of hydrogen-bond acceptors (Lipinski definition) is 11. The summed E-state index contributed by atoms with van der Waals surface area (Å²) in [5, 5.41) is 19.0. The molecule has 1 aromatic heterocycles. The van der Waals surface area contributed by atoms with E-state index in [0.717, 1.165) is 53.0 Å². The Hall–Kier alpha value is -3.01. The Balaban J connectivity index is 1.03. The molecule has 3 aliphatic carbocycles. The zero-order valence-electron chi connectivity index (χ0n) is 27.7. The monoisotopic (exact) mass is 712 g/mol. The number of alkyl carbamates (subject to hydrolysis) is 1. The number of nitrogens with zero attached hydrogens (tertiary/aromatic N) is 2. The lowest BCUT2D eigenvalue weighted by atomic mass is 9.98. The van der Waals surface area contributed by atoms with Gasteiger partial charge in [0.25, 0.3) is 0 Å². The van der Waals surface area contributed by atoms with E-state index in [1.54, 1.807) is 25.3 Å². The fraction of sp³-hybridized carbons (Fsp3) is 0.600. The fourth-order valence-corrected chi connectivity index (χ4v) is 10.2. The third-order valence-corrected chi connectivity index (χ3v) is 13.6. The summed E-state index contributed by atoms with van der Waals surface area (Å²) in [6.07, 6.45) is 2.72. The lowest BCUT2D eigenvalue weighted by Crippen LogP contribution is -2.52. The van der Waals surface area contributed by atoms with Gasteiger partial charge in [0, 0.05) is 36.9 Å². The summed E-state index contributed by atoms with van der Waals surface area (Å²) in [6, 6.07) is 12.0. The number of methoxy groups -OCH3 is 1. The zero-order chi connectivity index (χ0) is 33.9. The number of rotatable bonds is 14. The molecule has 3 aromatic rings. The van der Waals surface area contributed by atoms with Crippen LogP contribution in [0.2, 0.25) is 0 Å². The average Bonchev–Trinajstić information content (AvgIpc) is 3.92. The first kappa shape index (κ1) is 33.2. The quantitative estimate of drug-likeness (QED) is 0.220. The highest BCUT2D eigenvalue weighted by molar-refractivity contribution is 7.89. The molecule has 2 aromatic carbocycles. The molecule has 0 spiro atoms. The molecular formula is C35H44N4O8S2. The molecule has 8 rings (SSSR count). The summed E-state index contributed by atoms with van der Waals surface area (Å²) >= 11 is 1.44. The predicted molar refractivity (Wildman–Crippen MR) is 183 cm³/mol. The van der Waals surface area contributed by atoms with Crippen LogP contribution in [0.1, 0.15) is 44.6 Å². The molecule has 2 aliphatic heterocycles. The molecule has 3 N–H and O–H groups in total. The first-order chi connectivity index (χ1) is 23.6. The molecular weight excluding hydrogens is 669 g/mol. The van der Waals surface area contributed by atoms with E-state index in [1.807, 2.05) is 24.3 Å². The van der Waals surface area contributed by atoms with Gasteiger partial charge < -0.3 is 34.7 Å². The number of amides is 1. The van der Waals surface area contributed by atoms with Gasteiger partial charge in [-0.25, -0.2) is 18.2 Å². The molecule has 0 radical (unpaired) electrons. The summed E-state index contributed by atoms with van der Waals surface area (Å²) in [7, 11) is -2.43.